The van der Waals surface area contributed by atoms with Crippen LogP contribution in [0.3, 0.4) is 0 Å². The quantitative estimate of drug-likeness (QED) is 0.430. The highest BCUT2D eigenvalue weighted by Gasteiger charge is 2.19. The summed E-state index contributed by atoms with van der Waals surface area (Å²) in [6.45, 7) is 3.09. The normalized spacial score (nSPS) is 14.5. The summed E-state index contributed by atoms with van der Waals surface area (Å²) < 4.78 is 6.01. The number of benzene rings is 3. The van der Waals surface area contributed by atoms with Crippen LogP contribution in [-0.4, -0.2) is 35.2 Å². The first kappa shape index (κ1) is 22.1. The SMILES string of the molecule is CN(c1ccccc1)c1ccc(CN2CCOc3ccc(C(O)c4ccccn4)cc3C2)cc1. The molecule has 172 valence electrons. The molecule has 0 spiro atoms. The van der Waals surface area contributed by atoms with E-state index >= 15 is 0 Å². The number of hydrogen-bond donors (Lipinski definition) is 1. The van der Waals surface area contributed by atoms with Gasteiger partial charge in [-0.25, -0.2) is 0 Å². The summed E-state index contributed by atoms with van der Waals surface area (Å²) in [5, 5.41) is 10.8. The zero-order valence-electron chi connectivity index (χ0n) is 19.3. The van der Waals surface area contributed by atoms with E-state index in [4.69, 9.17) is 4.74 Å². The summed E-state index contributed by atoms with van der Waals surface area (Å²) in [5.41, 5.74) is 6.15. The van der Waals surface area contributed by atoms with E-state index < -0.39 is 6.10 Å². The Morgan fingerprint density at radius 3 is 2.47 bits per heavy atom. The standard InChI is InChI=1S/C29H29N3O2/c1-31(25-7-3-2-4-8-25)26-13-10-22(11-14-26)20-32-17-18-34-28-15-12-23(19-24(28)21-32)29(33)27-9-5-6-16-30-27/h2-16,19,29,33H,17-18,20-21H2,1H3. The lowest BCUT2D eigenvalue weighted by Crippen LogP contribution is -2.25. The summed E-state index contributed by atoms with van der Waals surface area (Å²) in [5.74, 6) is 0.888. The van der Waals surface area contributed by atoms with E-state index in [1.165, 1.54) is 11.3 Å². The first-order valence-electron chi connectivity index (χ1n) is 11.6. The number of anilines is 2. The molecule has 5 nitrogen and oxygen atoms in total. The summed E-state index contributed by atoms with van der Waals surface area (Å²) >= 11 is 0. The Bertz CT molecular complexity index is 1210. The molecule has 5 rings (SSSR count). The number of aliphatic hydroxyl groups is 1. The van der Waals surface area contributed by atoms with Crippen LogP contribution in [0.1, 0.15) is 28.5 Å². The van der Waals surface area contributed by atoms with Crippen LogP contribution in [0, 0.1) is 0 Å². The molecule has 4 aromatic rings. The summed E-state index contributed by atoms with van der Waals surface area (Å²) in [6.07, 6.45) is 0.952. The van der Waals surface area contributed by atoms with E-state index in [-0.39, 0.29) is 0 Å². The molecule has 0 amide bonds. The number of aromatic nitrogens is 1. The Hall–Kier alpha value is -3.67. The van der Waals surface area contributed by atoms with Gasteiger partial charge in [0.1, 0.15) is 18.5 Å². The van der Waals surface area contributed by atoms with Gasteiger partial charge in [0.2, 0.25) is 0 Å². The number of hydrogen-bond acceptors (Lipinski definition) is 5. The molecule has 0 aliphatic carbocycles. The average molecular weight is 452 g/mol. The first-order valence-corrected chi connectivity index (χ1v) is 11.6. The van der Waals surface area contributed by atoms with Gasteiger partial charge in [-0.1, -0.05) is 42.5 Å². The van der Waals surface area contributed by atoms with Crippen LogP contribution in [0.15, 0.2) is 97.2 Å². The molecule has 1 aromatic heterocycles. The van der Waals surface area contributed by atoms with E-state index in [0.29, 0.717) is 12.3 Å². The molecule has 3 aromatic carbocycles. The molecule has 5 heteroatoms. The summed E-state index contributed by atoms with van der Waals surface area (Å²) in [4.78, 5) is 8.88. The van der Waals surface area contributed by atoms with Crippen molar-refractivity contribution in [1.29, 1.82) is 0 Å². The zero-order chi connectivity index (χ0) is 23.3. The third-order valence-corrected chi connectivity index (χ3v) is 6.30. The van der Waals surface area contributed by atoms with Crippen LogP contribution in [0.2, 0.25) is 0 Å². The third kappa shape index (κ3) is 4.96. The van der Waals surface area contributed by atoms with Crippen molar-refractivity contribution in [1.82, 2.24) is 9.88 Å². The van der Waals surface area contributed by atoms with Gasteiger partial charge in [0, 0.05) is 49.8 Å². The number of fused-ring (bicyclic) bond motifs is 1. The molecule has 1 N–H and O–H groups in total. The van der Waals surface area contributed by atoms with Crippen molar-refractivity contribution in [3.63, 3.8) is 0 Å². The van der Waals surface area contributed by atoms with Gasteiger partial charge in [-0.15, -0.1) is 0 Å². The highest BCUT2D eigenvalue weighted by atomic mass is 16.5. The molecule has 1 aliphatic heterocycles. The fourth-order valence-corrected chi connectivity index (χ4v) is 4.37. The Morgan fingerprint density at radius 2 is 1.71 bits per heavy atom. The Morgan fingerprint density at radius 1 is 0.941 bits per heavy atom. The maximum atomic E-state index is 10.8. The highest BCUT2D eigenvalue weighted by Crippen LogP contribution is 2.30. The maximum Gasteiger partial charge on any atom is 0.123 e. The number of aliphatic hydroxyl groups excluding tert-OH is 1. The number of nitrogens with zero attached hydrogens (tertiary/aromatic N) is 3. The van der Waals surface area contributed by atoms with Crippen molar-refractivity contribution in [3.8, 4) is 5.75 Å². The minimum absolute atomic E-state index is 0.643. The molecular formula is C29H29N3O2. The van der Waals surface area contributed by atoms with Crippen LogP contribution in [-0.2, 0) is 13.1 Å². The van der Waals surface area contributed by atoms with Crippen molar-refractivity contribution in [2.75, 3.05) is 25.1 Å². The second-order valence-corrected chi connectivity index (χ2v) is 8.64. The lowest BCUT2D eigenvalue weighted by Gasteiger charge is -2.22. The minimum atomic E-state index is -0.752. The van der Waals surface area contributed by atoms with E-state index in [2.05, 4.69) is 70.4 Å². The largest absolute Gasteiger partial charge is 0.492 e. The van der Waals surface area contributed by atoms with Gasteiger partial charge < -0.3 is 14.7 Å². The molecule has 2 heterocycles. The van der Waals surface area contributed by atoms with Crippen LogP contribution in [0.25, 0.3) is 0 Å². The Balaban J connectivity index is 1.29. The van der Waals surface area contributed by atoms with Crippen LogP contribution in [0.5, 0.6) is 5.75 Å². The molecule has 1 aliphatic rings. The molecule has 1 unspecified atom stereocenters. The molecule has 1 atom stereocenters. The number of pyridine rings is 1. The van der Waals surface area contributed by atoms with Crippen molar-refractivity contribution in [2.45, 2.75) is 19.2 Å². The predicted octanol–water partition coefficient (Wildman–Crippen LogP) is 5.33. The minimum Gasteiger partial charge on any atom is -0.492 e. The smallest absolute Gasteiger partial charge is 0.123 e. The molecule has 0 saturated carbocycles. The number of para-hydroxylation sites is 1. The zero-order valence-corrected chi connectivity index (χ0v) is 19.3. The molecule has 0 fully saturated rings. The van der Waals surface area contributed by atoms with Crippen molar-refractivity contribution in [3.05, 3.63) is 120 Å². The second-order valence-electron chi connectivity index (χ2n) is 8.64. The lowest BCUT2D eigenvalue weighted by molar-refractivity contribution is 0.214. The monoisotopic (exact) mass is 451 g/mol. The van der Waals surface area contributed by atoms with Crippen LogP contribution >= 0.6 is 0 Å². The third-order valence-electron chi connectivity index (χ3n) is 6.30. The van der Waals surface area contributed by atoms with Gasteiger partial charge in [-0.05, 0) is 59.7 Å². The predicted molar refractivity (Wildman–Crippen MR) is 135 cm³/mol. The molecule has 0 saturated heterocycles. The summed E-state index contributed by atoms with van der Waals surface area (Å²) in [7, 11) is 2.09. The van der Waals surface area contributed by atoms with Crippen molar-refractivity contribution < 1.29 is 9.84 Å². The topological polar surface area (TPSA) is 48.8 Å². The Kier molecular flexibility index (Phi) is 6.56. The van der Waals surface area contributed by atoms with Gasteiger partial charge in [-0.2, -0.15) is 0 Å². The van der Waals surface area contributed by atoms with Crippen LogP contribution < -0.4 is 9.64 Å². The van der Waals surface area contributed by atoms with E-state index in [0.717, 1.165) is 42.2 Å². The molecule has 34 heavy (non-hydrogen) atoms. The van der Waals surface area contributed by atoms with Gasteiger partial charge in [-0.3, -0.25) is 9.88 Å². The van der Waals surface area contributed by atoms with E-state index in [1.54, 1.807) is 6.20 Å². The Labute approximate surface area is 200 Å². The average Bonchev–Trinajstić information content (AvgIpc) is 3.10. The van der Waals surface area contributed by atoms with Gasteiger partial charge in [0.25, 0.3) is 0 Å². The molecular weight excluding hydrogens is 422 g/mol. The van der Waals surface area contributed by atoms with E-state index in [9.17, 15) is 5.11 Å². The fourth-order valence-electron chi connectivity index (χ4n) is 4.37. The van der Waals surface area contributed by atoms with Crippen molar-refractivity contribution in [2.24, 2.45) is 0 Å². The highest BCUT2D eigenvalue weighted by molar-refractivity contribution is 5.62. The van der Waals surface area contributed by atoms with Crippen LogP contribution in [0.4, 0.5) is 11.4 Å². The van der Waals surface area contributed by atoms with E-state index in [1.807, 2.05) is 42.5 Å². The second kappa shape index (κ2) is 10.1. The van der Waals surface area contributed by atoms with Gasteiger partial charge in [0.15, 0.2) is 0 Å². The summed E-state index contributed by atoms with van der Waals surface area (Å²) in [6, 6.07) is 30.6. The molecule has 0 bridgehead atoms. The fraction of sp³-hybridized carbons (Fsp3) is 0.207. The lowest BCUT2D eigenvalue weighted by atomic mass is 10.0. The van der Waals surface area contributed by atoms with Crippen molar-refractivity contribution >= 4 is 11.4 Å². The molecule has 0 radical (unpaired) electrons. The number of rotatable bonds is 6. The van der Waals surface area contributed by atoms with Gasteiger partial charge in [0.05, 0.1) is 5.69 Å². The maximum absolute atomic E-state index is 10.8. The number of ether oxygens (including phenoxy) is 1. The van der Waals surface area contributed by atoms with Gasteiger partial charge >= 0.3 is 0 Å². The first-order chi connectivity index (χ1) is 16.7.